The molecule has 104 valence electrons. The van der Waals surface area contributed by atoms with Crippen molar-refractivity contribution in [3.8, 4) is 0 Å². The third kappa shape index (κ3) is 3.17. The maximum absolute atomic E-state index is 13.2. The smallest absolute Gasteiger partial charge is 0.123 e. The normalized spacial score (nSPS) is 23.5. The molecule has 19 heavy (non-hydrogen) atoms. The maximum atomic E-state index is 13.2. The first kappa shape index (κ1) is 13.1. The lowest BCUT2D eigenvalue weighted by atomic mass is 9.87. The fourth-order valence-electron chi connectivity index (χ4n) is 3.74. The van der Waals surface area contributed by atoms with E-state index in [2.05, 4.69) is 5.32 Å². The highest BCUT2D eigenvalue weighted by Gasteiger charge is 2.22. The van der Waals surface area contributed by atoms with E-state index in [4.69, 9.17) is 0 Å². The Kier molecular flexibility index (Phi) is 4.17. The molecule has 1 atom stereocenters. The molecule has 1 aromatic carbocycles. The van der Waals surface area contributed by atoms with E-state index in [9.17, 15) is 4.39 Å². The van der Waals surface area contributed by atoms with Crippen molar-refractivity contribution in [2.45, 2.75) is 57.4 Å². The van der Waals surface area contributed by atoms with Crippen molar-refractivity contribution in [1.29, 1.82) is 0 Å². The molecule has 1 unspecified atom stereocenters. The standard InChI is InChI=1S/C17H24FN/c18-15-7-8-16-14(12-15)6-9-17(16)19-11-10-13-4-2-1-3-5-13/h7-8,12-13,17,19H,1-6,9-11H2. The Morgan fingerprint density at radius 3 is 2.79 bits per heavy atom. The Balaban J connectivity index is 1.49. The quantitative estimate of drug-likeness (QED) is 0.848. The molecule has 2 heteroatoms. The molecule has 0 aliphatic heterocycles. The average molecular weight is 261 g/mol. The molecule has 0 radical (unpaired) electrons. The first-order valence-corrected chi connectivity index (χ1v) is 7.84. The highest BCUT2D eigenvalue weighted by atomic mass is 19.1. The van der Waals surface area contributed by atoms with Gasteiger partial charge in [0.2, 0.25) is 0 Å². The number of hydrogen-bond donors (Lipinski definition) is 1. The van der Waals surface area contributed by atoms with Crippen molar-refractivity contribution in [3.63, 3.8) is 0 Å². The fourth-order valence-corrected chi connectivity index (χ4v) is 3.74. The molecular formula is C17H24FN. The van der Waals surface area contributed by atoms with Crippen LogP contribution in [0.1, 0.15) is 62.1 Å². The number of nitrogens with one attached hydrogen (secondary N) is 1. The van der Waals surface area contributed by atoms with Gasteiger partial charge in [-0.05, 0) is 55.0 Å². The van der Waals surface area contributed by atoms with Gasteiger partial charge in [0.05, 0.1) is 0 Å². The van der Waals surface area contributed by atoms with E-state index in [0.29, 0.717) is 6.04 Å². The Bertz CT molecular complexity index is 423. The molecule has 0 aromatic heterocycles. The van der Waals surface area contributed by atoms with Crippen LogP contribution in [0.25, 0.3) is 0 Å². The van der Waals surface area contributed by atoms with E-state index in [-0.39, 0.29) is 5.82 Å². The summed E-state index contributed by atoms with van der Waals surface area (Å²) < 4.78 is 13.2. The summed E-state index contributed by atoms with van der Waals surface area (Å²) in [6.07, 6.45) is 10.6. The van der Waals surface area contributed by atoms with E-state index in [0.717, 1.165) is 25.3 Å². The van der Waals surface area contributed by atoms with Crippen LogP contribution < -0.4 is 5.32 Å². The lowest BCUT2D eigenvalue weighted by Gasteiger charge is -2.22. The summed E-state index contributed by atoms with van der Waals surface area (Å²) >= 11 is 0. The molecule has 2 aliphatic carbocycles. The van der Waals surface area contributed by atoms with Crippen molar-refractivity contribution in [2.24, 2.45) is 5.92 Å². The van der Waals surface area contributed by atoms with Crippen LogP contribution in [-0.2, 0) is 6.42 Å². The molecule has 1 saturated carbocycles. The van der Waals surface area contributed by atoms with Gasteiger partial charge in [-0.3, -0.25) is 0 Å². The number of halogens is 1. The minimum Gasteiger partial charge on any atom is -0.310 e. The molecule has 0 amide bonds. The molecular weight excluding hydrogens is 237 g/mol. The fraction of sp³-hybridized carbons (Fsp3) is 0.647. The number of fused-ring (bicyclic) bond motifs is 1. The Hall–Kier alpha value is -0.890. The highest BCUT2D eigenvalue weighted by Crippen LogP contribution is 2.32. The first-order chi connectivity index (χ1) is 9.33. The number of rotatable bonds is 4. The van der Waals surface area contributed by atoms with Gasteiger partial charge in [0.25, 0.3) is 0 Å². The first-order valence-electron chi connectivity index (χ1n) is 7.84. The molecule has 1 fully saturated rings. The minimum absolute atomic E-state index is 0.0957. The van der Waals surface area contributed by atoms with Gasteiger partial charge in [-0.2, -0.15) is 0 Å². The molecule has 1 N–H and O–H groups in total. The van der Waals surface area contributed by atoms with Gasteiger partial charge >= 0.3 is 0 Å². The van der Waals surface area contributed by atoms with E-state index in [1.165, 1.54) is 49.7 Å². The highest BCUT2D eigenvalue weighted by molar-refractivity contribution is 5.34. The zero-order valence-corrected chi connectivity index (χ0v) is 11.6. The monoisotopic (exact) mass is 261 g/mol. The molecule has 2 aliphatic rings. The summed E-state index contributed by atoms with van der Waals surface area (Å²) in [5, 5.41) is 3.68. The second-order valence-electron chi connectivity index (χ2n) is 6.18. The SMILES string of the molecule is Fc1ccc2c(c1)CCC2NCCC1CCCCC1. The summed E-state index contributed by atoms with van der Waals surface area (Å²) in [5.74, 6) is 0.844. The van der Waals surface area contributed by atoms with Crippen LogP contribution in [0.5, 0.6) is 0 Å². The maximum Gasteiger partial charge on any atom is 0.123 e. The van der Waals surface area contributed by atoms with Gasteiger partial charge in [-0.25, -0.2) is 4.39 Å². The predicted molar refractivity (Wildman–Crippen MR) is 76.7 cm³/mol. The third-order valence-corrected chi connectivity index (χ3v) is 4.85. The van der Waals surface area contributed by atoms with Crippen molar-refractivity contribution >= 4 is 0 Å². The molecule has 0 bridgehead atoms. The second kappa shape index (κ2) is 6.04. The molecule has 3 rings (SSSR count). The van der Waals surface area contributed by atoms with Crippen LogP contribution in [0.2, 0.25) is 0 Å². The van der Waals surface area contributed by atoms with Gasteiger partial charge in [-0.1, -0.05) is 38.2 Å². The largest absolute Gasteiger partial charge is 0.310 e. The summed E-state index contributed by atoms with van der Waals surface area (Å²) in [4.78, 5) is 0. The number of aryl methyl sites for hydroxylation is 1. The van der Waals surface area contributed by atoms with Gasteiger partial charge in [0, 0.05) is 6.04 Å². The predicted octanol–water partition coefficient (Wildman–Crippen LogP) is 4.37. The van der Waals surface area contributed by atoms with Crippen LogP contribution in [0.4, 0.5) is 4.39 Å². The van der Waals surface area contributed by atoms with Crippen molar-refractivity contribution < 1.29 is 4.39 Å². The zero-order chi connectivity index (χ0) is 13.1. The van der Waals surface area contributed by atoms with Crippen molar-refractivity contribution in [3.05, 3.63) is 35.1 Å². The number of hydrogen-bond acceptors (Lipinski definition) is 1. The lowest BCUT2D eigenvalue weighted by Crippen LogP contribution is -2.23. The second-order valence-corrected chi connectivity index (χ2v) is 6.18. The van der Waals surface area contributed by atoms with Gasteiger partial charge in [-0.15, -0.1) is 0 Å². The van der Waals surface area contributed by atoms with Crippen LogP contribution in [0.15, 0.2) is 18.2 Å². The average Bonchev–Trinajstić information content (AvgIpc) is 2.82. The molecule has 1 nitrogen and oxygen atoms in total. The van der Waals surface area contributed by atoms with Crippen molar-refractivity contribution in [2.75, 3.05) is 6.54 Å². The third-order valence-electron chi connectivity index (χ3n) is 4.85. The summed E-state index contributed by atoms with van der Waals surface area (Å²) in [6, 6.07) is 5.73. The van der Waals surface area contributed by atoms with Gasteiger partial charge < -0.3 is 5.32 Å². The van der Waals surface area contributed by atoms with E-state index < -0.39 is 0 Å². The summed E-state index contributed by atoms with van der Waals surface area (Å²) in [5.41, 5.74) is 2.53. The Morgan fingerprint density at radius 1 is 1.11 bits per heavy atom. The molecule has 1 aromatic rings. The molecule has 0 spiro atoms. The number of benzene rings is 1. The van der Waals surface area contributed by atoms with Gasteiger partial charge in [0.1, 0.15) is 5.82 Å². The van der Waals surface area contributed by atoms with E-state index >= 15 is 0 Å². The van der Waals surface area contributed by atoms with Crippen LogP contribution in [0, 0.1) is 11.7 Å². The summed E-state index contributed by atoms with van der Waals surface area (Å²) in [7, 11) is 0. The lowest BCUT2D eigenvalue weighted by molar-refractivity contribution is 0.327. The molecule has 0 saturated heterocycles. The Labute approximate surface area is 115 Å². The minimum atomic E-state index is -0.0957. The Morgan fingerprint density at radius 2 is 1.95 bits per heavy atom. The van der Waals surface area contributed by atoms with Crippen LogP contribution in [-0.4, -0.2) is 6.54 Å². The topological polar surface area (TPSA) is 12.0 Å². The molecule has 0 heterocycles. The summed E-state index contributed by atoms with van der Waals surface area (Å²) in [6.45, 7) is 1.12. The zero-order valence-electron chi connectivity index (χ0n) is 11.6. The van der Waals surface area contributed by atoms with E-state index in [1.807, 2.05) is 6.07 Å². The van der Waals surface area contributed by atoms with Crippen LogP contribution >= 0.6 is 0 Å². The van der Waals surface area contributed by atoms with Crippen LogP contribution in [0.3, 0.4) is 0 Å². The van der Waals surface area contributed by atoms with E-state index in [1.54, 1.807) is 12.1 Å². The van der Waals surface area contributed by atoms with Gasteiger partial charge in [0.15, 0.2) is 0 Å². The van der Waals surface area contributed by atoms with Crippen molar-refractivity contribution in [1.82, 2.24) is 5.32 Å².